The van der Waals surface area contributed by atoms with Crippen LogP contribution in [0.15, 0.2) is 72.8 Å². The van der Waals surface area contributed by atoms with Crippen LogP contribution in [0.1, 0.15) is 34.4 Å². The zero-order valence-electron chi connectivity index (χ0n) is 21.5. The molecule has 0 radical (unpaired) electrons. The average Bonchev–Trinajstić information content (AvgIpc) is 2.82. The Morgan fingerprint density at radius 2 is 1.66 bits per heavy atom. The Kier molecular flexibility index (Phi) is 11.1. The summed E-state index contributed by atoms with van der Waals surface area (Å²) in [7, 11) is 0. The Hall–Kier alpha value is -3.61. The first kappa shape index (κ1) is 30.6. The van der Waals surface area contributed by atoms with Crippen LogP contribution in [0.4, 0.5) is 10.1 Å². The maximum atomic E-state index is 14.3. The highest BCUT2D eigenvalue weighted by Gasteiger charge is 2.11. The second kappa shape index (κ2) is 13.8. The van der Waals surface area contributed by atoms with Gasteiger partial charge in [-0.25, -0.2) is 9.37 Å². The lowest BCUT2D eigenvalue weighted by molar-refractivity contribution is -0.136. The molecule has 2 N–H and O–H groups in total. The van der Waals surface area contributed by atoms with E-state index in [1.807, 2.05) is 49.4 Å². The highest BCUT2D eigenvalue weighted by atomic mass is 35.5. The Labute approximate surface area is 234 Å². The lowest BCUT2D eigenvalue weighted by Gasteiger charge is -2.15. The molecule has 0 aliphatic rings. The zero-order chi connectivity index (χ0) is 25.7. The fraction of sp³-hybridized carbons (Fsp3) is 0.200. The van der Waals surface area contributed by atoms with Crippen LogP contribution in [-0.2, 0) is 17.8 Å². The monoisotopic (exact) mass is 556 g/mol. The number of nitrogens with one attached hydrogen (secondary N) is 1. The van der Waals surface area contributed by atoms with Crippen molar-refractivity contribution in [2.45, 2.75) is 40.2 Å². The van der Waals surface area contributed by atoms with Crippen molar-refractivity contribution in [2.24, 2.45) is 0 Å². The van der Waals surface area contributed by atoms with Gasteiger partial charge in [-0.05, 0) is 97.0 Å². The first-order chi connectivity index (χ1) is 17.3. The number of rotatable bonds is 9. The maximum absolute atomic E-state index is 14.3. The molecule has 0 saturated carbocycles. The zero-order valence-corrected chi connectivity index (χ0v) is 23.1. The molecular formula is C30H31Cl2FN2O3. The smallest absolute Gasteiger partial charge is 0.303 e. The van der Waals surface area contributed by atoms with Gasteiger partial charge in [0.2, 0.25) is 5.88 Å². The third-order valence-corrected chi connectivity index (χ3v) is 5.96. The van der Waals surface area contributed by atoms with Gasteiger partial charge < -0.3 is 15.2 Å². The number of benzene rings is 3. The van der Waals surface area contributed by atoms with E-state index in [9.17, 15) is 9.18 Å². The van der Waals surface area contributed by atoms with Gasteiger partial charge in [-0.3, -0.25) is 4.79 Å². The lowest BCUT2D eigenvalue weighted by Crippen LogP contribution is -2.03. The first-order valence-electron chi connectivity index (χ1n) is 11.8. The molecule has 3 aromatic carbocycles. The van der Waals surface area contributed by atoms with Crippen molar-refractivity contribution in [1.29, 1.82) is 0 Å². The summed E-state index contributed by atoms with van der Waals surface area (Å²) in [4.78, 5) is 15.2. The number of hydrogen-bond acceptors (Lipinski definition) is 4. The Morgan fingerprint density at radius 3 is 2.32 bits per heavy atom. The number of hydrogen-bond donors (Lipinski definition) is 2. The van der Waals surface area contributed by atoms with E-state index in [4.69, 9.17) is 9.84 Å². The van der Waals surface area contributed by atoms with Crippen molar-refractivity contribution in [3.8, 4) is 22.8 Å². The average molecular weight is 557 g/mol. The minimum Gasteiger partial charge on any atom is -0.481 e. The lowest BCUT2D eigenvalue weighted by atomic mass is 9.94. The van der Waals surface area contributed by atoms with E-state index in [1.165, 1.54) is 6.07 Å². The number of carboxylic acid groups (broad SMARTS) is 1. The van der Waals surface area contributed by atoms with E-state index in [1.54, 1.807) is 12.1 Å². The Bertz CT molecular complexity index is 1390. The summed E-state index contributed by atoms with van der Waals surface area (Å²) in [6, 6.07) is 22.8. The normalized spacial score (nSPS) is 10.2. The minimum atomic E-state index is -0.938. The third kappa shape index (κ3) is 7.94. The van der Waals surface area contributed by atoms with Gasteiger partial charge in [-0.15, -0.1) is 24.8 Å². The molecule has 200 valence electrons. The summed E-state index contributed by atoms with van der Waals surface area (Å²) < 4.78 is 20.3. The van der Waals surface area contributed by atoms with Gasteiger partial charge in [0.05, 0.1) is 0 Å². The Morgan fingerprint density at radius 1 is 0.947 bits per heavy atom. The SMILES string of the molecule is Cc1cccc(Oc2cc(C)c(-c3cccc(CNc4ccc(CCC(=O)O)c(F)c4)c3)c(C)c2)n1.Cl.Cl. The van der Waals surface area contributed by atoms with Gasteiger partial charge in [-0.1, -0.05) is 30.3 Å². The van der Waals surface area contributed by atoms with Gasteiger partial charge in [0.1, 0.15) is 11.6 Å². The standard InChI is InChI=1S/C30H29FN2O3.2ClH/c1-19-14-26(36-28-9-4-6-21(3)33-28)15-20(2)30(19)24-8-5-7-22(16-24)18-32-25-12-10-23(27(31)17-25)11-13-29(34)35;;/h4-10,12,14-17,32H,11,13,18H2,1-3H3,(H,34,35);2*1H. The van der Waals surface area contributed by atoms with E-state index < -0.39 is 11.8 Å². The molecule has 5 nitrogen and oxygen atoms in total. The fourth-order valence-corrected chi connectivity index (χ4v) is 4.28. The molecule has 0 aliphatic carbocycles. The summed E-state index contributed by atoms with van der Waals surface area (Å²) in [5.41, 5.74) is 7.46. The number of ether oxygens (including phenoxy) is 1. The number of aromatic nitrogens is 1. The number of anilines is 1. The molecule has 4 aromatic rings. The molecule has 8 heteroatoms. The number of nitrogens with zero attached hydrogens (tertiary/aromatic N) is 1. The van der Waals surface area contributed by atoms with Crippen molar-refractivity contribution >= 4 is 36.5 Å². The van der Waals surface area contributed by atoms with Crippen LogP contribution in [0.3, 0.4) is 0 Å². The van der Waals surface area contributed by atoms with Crippen LogP contribution in [0, 0.1) is 26.6 Å². The second-order valence-electron chi connectivity index (χ2n) is 8.91. The van der Waals surface area contributed by atoms with Crippen molar-refractivity contribution in [3.63, 3.8) is 0 Å². The molecule has 4 rings (SSSR count). The quantitative estimate of drug-likeness (QED) is 0.218. The summed E-state index contributed by atoms with van der Waals surface area (Å²) in [6.45, 7) is 6.60. The highest BCUT2D eigenvalue weighted by molar-refractivity contribution is 5.85. The van der Waals surface area contributed by atoms with E-state index in [-0.39, 0.29) is 37.7 Å². The van der Waals surface area contributed by atoms with Gasteiger partial charge in [0, 0.05) is 30.4 Å². The third-order valence-electron chi connectivity index (χ3n) is 5.96. The molecule has 0 aliphatic heterocycles. The molecular weight excluding hydrogens is 526 g/mol. The molecule has 0 unspecified atom stereocenters. The summed E-state index contributed by atoms with van der Waals surface area (Å²) >= 11 is 0. The predicted octanol–water partition coefficient (Wildman–Crippen LogP) is 8.08. The van der Waals surface area contributed by atoms with Gasteiger partial charge in [-0.2, -0.15) is 0 Å². The number of halogens is 3. The second-order valence-corrected chi connectivity index (χ2v) is 8.91. The largest absolute Gasteiger partial charge is 0.481 e. The van der Waals surface area contributed by atoms with Crippen LogP contribution in [0.25, 0.3) is 11.1 Å². The molecule has 0 amide bonds. The summed E-state index contributed by atoms with van der Waals surface area (Å²) in [5, 5.41) is 12.1. The molecule has 1 aromatic heterocycles. The van der Waals surface area contributed by atoms with E-state index >= 15 is 0 Å². The Balaban J connectivity index is 0.00000253. The topological polar surface area (TPSA) is 71.5 Å². The number of carboxylic acids is 1. The van der Waals surface area contributed by atoms with Crippen LogP contribution >= 0.6 is 24.8 Å². The summed E-state index contributed by atoms with van der Waals surface area (Å²) in [5.74, 6) is -0.0173. The molecule has 1 heterocycles. The highest BCUT2D eigenvalue weighted by Crippen LogP contribution is 2.33. The first-order valence-corrected chi connectivity index (χ1v) is 11.8. The minimum absolute atomic E-state index is 0. The van der Waals surface area contributed by atoms with Crippen molar-refractivity contribution in [3.05, 3.63) is 107 Å². The maximum Gasteiger partial charge on any atom is 0.303 e. The summed E-state index contributed by atoms with van der Waals surface area (Å²) in [6.07, 6.45) is 0.0821. The molecule has 38 heavy (non-hydrogen) atoms. The van der Waals surface area contributed by atoms with E-state index in [0.717, 1.165) is 39.3 Å². The van der Waals surface area contributed by atoms with Gasteiger partial charge in [0.15, 0.2) is 0 Å². The van der Waals surface area contributed by atoms with Crippen molar-refractivity contribution in [2.75, 3.05) is 5.32 Å². The van der Waals surface area contributed by atoms with Crippen LogP contribution in [-0.4, -0.2) is 16.1 Å². The number of pyridine rings is 1. The van der Waals surface area contributed by atoms with E-state index in [2.05, 4.69) is 36.3 Å². The fourth-order valence-electron chi connectivity index (χ4n) is 4.28. The number of aliphatic carboxylic acids is 1. The van der Waals surface area contributed by atoms with Crippen LogP contribution < -0.4 is 10.1 Å². The van der Waals surface area contributed by atoms with Gasteiger partial charge >= 0.3 is 5.97 Å². The van der Waals surface area contributed by atoms with Crippen LogP contribution in [0.5, 0.6) is 11.6 Å². The molecule has 0 bridgehead atoms. The van der Waals surface area contributed by atoms with E-state index in [0.29, 0.717) is 23.7 Å². The number of carbonyl (C=O) groups is 1. The number of aryl methyl sites for hydroxylation is 4. The van der Waals surface area contributed by atoms with Gasteiger partial charge in [0.25, 0.3) is 0 Å². The molecule has 0 fully saturated rings. The predicted molar refractivity (Wildman–Crippen MR) is 155 cm³/mol. The van der Waals surface area contributed by atoms with Crippen molar-refractivity contribution < 1.29 is 19.0 Å². The molecule has 0 spiro atoms. The van der Waals surface area contributed by atoms with Crippen molar-refractivity contribution in [1.82, 2.24) is 4.98 Å². The molecule has 0 saturated heterocycles. The molecule has 0 atom stereocenters. The van der Waals surface area contributed by atoms with Crippen LogP contribution in [0.2, 0.25) is 0 Å².